The molecule has 1 heterocycles. The summed E-state index contributed by atoms with van der Waals surface area (Å²) in [6, 6.07) is 8.01. The molecular formula is C15H24N2O2. The van der Waals surface area contributed by atoms with Gasteiger partial charge in [0.1, 0.15) is 0 Å². The quantitative estimate of drug-likeness (QED) is 0.818. The molecule has 0 radical (unpaired) electrons. The SMILES string of the molecule is CN(C)c1ccc(C(O)CNCC2CCCO2)cc1. The normalized spacial score (nSPS) is 20.5. The molecule has 1 aromatic rings. The Labute approximate surface area is 115 Å². The van der Waals surface area contributed by atoms with Gasteiger partial charge in [-0.25, -0.2) is 0 Å². The van der Waals surface area contributed by atoms with Crippen molar-refractivity contribution in [1.82, 2.24) is 5.32 Å². The highest BCUT2D eigenvalue weighted by molar-refractivity contribution is 5.46. The molecule has 0 saturated carbocycles. The maximum Gasteiger partial charge on any atom is 0.0914 e. The topological polar surface area (TPSA) is 44.7 Å². The van der Waals surface area contributed by atoms with Crippen molar-refractivity contribution in [2.24, 2.45) is 0 Å². The van der Waals surface area contributed by atoms with Gasteiger partial charge in [-0.05, 0) is 30.5 Å². The Bertz CT molecular complexity index is 372. The van der Waals surface area contributed by atoms with Crippen molar-refractivity contribution < 1.29 is 9.84 Å². The van der Waals surface area contributed by atoms with Crippen molar-refractivity contribution in [3.8, 4) is 0 Å². The maximum absolute atomic E-state index is 10.1. The summed E-state index contributed by atoms with van der Waals surface area (Å²) >= 11 is 0. The second-order valence-corrected chi connectivity index (χ2v) is 5.30. The van der Waals surface area contributed by atoms with Crippen molar-refractivity contribution in [2.45, 2.75) is 25.0 Å². The number of ether oxygens (including phenoxy) is 1. The monoisotopic (exact) mass is 264 g/mol. The average Bonchev–Trinajstić information content (AvgIpc) is 2.92. The van der Waals surface area contributed by atoms with Crippen LogP contribution in [0.15, 0.2) is 24.3 Å². The highest BCUT2D eigenvalue weighted by atomic mass is 16.5. The Balaban J connectivity index is 1.76. The summed E-state index contributed by atoms with van der Waals surface area (Å²) in [5.74, 6) is 0. The number of aliphatic hydroxyl groups is 1. The van der Waals surface area contributed by atoms with Crippen LogP contribution in [-0.2, 0) is 4.74 Å². The van der Waals surface area contributed by atoms with Gasteiger partial charge >= 0.3 is 0 Å². The van der Waals surface area contributed by atoms with E-state index in [9.17, 15) is 5.11 Å². The van der Waals surface area contributed by atoms with E-state index < -0.39 is 6.10 Å². The van der Waals surface area contributed by atoms with E-state index in [1.54, 1.807) is 0 Å². The summed E-state index contributed by atoms with van der Waals surface area (Å²) in [6.45, 7) is 2.27. The average molecular weight is 264 g/mol. The van der Waals surface area contributed by atoms with E-state index in [0.717, 1.165) is 37.2 Å². The Kier molecular flexibility index (Phi) is 5.19. The first-order chi connectivity index (χ1) is 9.16. The Morgan fingerprint density at radius 2 is 2.11 bits per heavy atom. The largest absolute Gasteiger partial charge is 0.387 e. The van der Waals surface area contributed by atoms with E-state index in [1.807, 2.05) is 43.3 Å². The molecule has 1 aliphatic rings. The van der Waals surface area contributed by atoms with Gasteiger partial charge in [-0.2, -0.15) is 0 Å². The zero-order valence-electron chi connectivity index (χ0n) is 11.8. The number of nitrogens with zero attached hydrogens (tertiary/aromatic N) is 1. The minimum Gasteiger partial charge on any atom is -0.387 e. The summed E-state index contributed by atoms with van der Waals surface area (Å²) in [4.78, 5) is 2.05. The summed E-state index contributed by atoms with van der Waals surface area (Å²) in [5, 5.41) is 13.4. The van der Waals surface area contributed by atoms with Crippen molar-refractivity contribution in [1.29, 1.82) is 0 Å². The van der Waals surface area contributed by atoms with Gasteiger partial charge in [-0.1, -0.05) is 12.1 Å². The van der Waals surface area contributed by atoms with E-state index >= 15 is 0 Å². The first kappa shape index (κ1) is 14.3. The maximum atomic E-state index is 10.1. The lowest BCUT2D eigenvalue weighted by molar-refractivity contribution is 0.103. The van der Waals surface area contributed by atoms with Gasteiger partial charge in [0.15, 0.2) is 0 Å². The third-order valence-electron chi connectivity index (χ3n) is 3.53. The van der Waals surface area contributed by atoms with E-state index in [2.05, 4.69) is 5.32 Å². The van der Waals surface area contributed by atoms with Crippen LogP contribution in [0.4, 0.5) is 5.69 Å². The first-order valence-corrected chi connectivity index (χ1v) is 6.94. The number of nitrogens with one attached hydrogen (secondary N) is 1. The number of hydrogen-bond donors (Lipinski definition) is 2. The van der Waals surface area contributed by atoms with Crippen LogP contribution in [0.3, 0.4) is 0 Å². The molecule has 1 aliphatic heterocycles. The second-order valence-electron chi connectivity index (χ2n) is 5.30. The van der Waals surface area contributed by atoms with Gasteiger partial charge in [0.05, 0.1) is 12.2 Å². The molecule has 2 unspecified atom stereocenters. The lowest BCUT2D eigenvalue weighted by Gasteiger charge is -2.17. The molecule has 2 N–H and O–H groups in total. The third-order valence-corrected chi connectivity index (χ3v) is 3.53. The fraction of sp³-hybridized carbons (Fsp3) is 0.600. The van der Waals surface area contributed by atoms with E-state index in [4.69, 9.17) is 4.74 Å². The molecule has 1 saturated heterocycles. The zero-order chi connectivity index (χ0) is 13.7. The smallest absolute Gasteiger partial charge is 0.0914 e. The number of aliphatic hydroxyl groups excluding tert-OH is 1. The van der Waals surface area contributed by atoms with Gasteiger partial charge in [-0.15, -0.1) is 0 Å². The van der Waals surface area contributed by atoms with Crippen LogP contribution < -0.4 is 10.2 Å². The molecule has 4 nitrogen and oxygen atoms in total. The fourth-order valence-electron chi connectivity index (χ4n) is 2.30. The summed E-state index contributed by atoms with van der Waals surface area (Å²) in [6.07, 6.45) is 2.14. The Morgan fingerprint density at radius 1 is 1.37 bits per heavy atom. The highest BCUT2D eigenvalue weighted by Gasteiger charge is 2.15. The van der Waals surface area contributed by atoms with Gasteiger partial charge in [0.25, 0.3) is 0 Å². The van der Waals surface area contributed by atoms with Crippen molar-refractivity contribution in [3.05, 3.63) is 29.8 Å². The lowest BCUT2D eigenvalue weighted by atomic mass is 10.1. The molecule has 2 atom stereocenters. The van der Waals surface area contributed by atoms with Crippen molar-refractivity contribution in [3.63, 3.8) is 0 Å². The predicted molar refractivity (Wildman–Crippen MR) is 77.6 cm³/mol. The molecule has 19 heavy (non-hydrogen) atoms. The van der Waals surface area contributed by atoms with Crippen LogP contribution in [0.2, 0.25) is 0 Å². The predicted octanol–water partition coefficient (Wildman–Crippen LogP) is 1.55. The van der Waals surface area contributed by atoms with Crippen LogP contribution in [0.5, 0.6) is 0 Å². The van der Waals surface area contributed by atoms with Crippen molar-refractivity contribution >= 4 is 5.69 Å². The summed E-state index contributed by atoms with van der Waals surface area (Å²) in [7, 11) is 4.02. The minimum atomic E-state index is -0.461. The van der Waals surface area contributed by atoms with Crippen molar-refractivity contribution in [2.75, 3.05) is 38.7 Å². The Hall–Kier alpha value is -1.10. The molecule has 106 valence electrons. The number of hydrogen-bond acceptors (Lipinski definition) is 4. The van der Waals surface area contributed by atoms with Gasteiger partial charge < -0.3 is 20.1 Å². The molecular weight excluding hydrogens is 240 g/mol. The van der Waals surface area contributed by atoms with Crippen LogP contribution in [-0.4, -0.2) is 45.0 Å². The van der Waals surface area contributed by atoms with Crippen LogP contribution in [0.1, 0.15) is 24.5 Å². The molecule has 2 rings (SSSR count). The summed E-state index contributed by atoms with van der Waals surface area (Å²) in [5.41, 5.74) is 2.09. The Morgan fingerprint density at radius 3 is 2.68 bits per heavy atom. The van der Waals surface area contributed by atoms with Gasteiger partial charge in [0, 0.05) is 39.5 Å². The number of anilines is 1. The molecule has 4 heteroatoms. The number of rotatable bonds is 6. The lowest BCUT2D eigenvalue weighted by Crippen LogP contribution is -2.29. The molecule has 1 aromatic carbocycles. The first-order valence-electron chi connectivity index (χ1n) is 6.94. The van der Waals surface area contributed by atoms with Crippen LogP contribution in [0.25, 0.3) is 0 Å². The van der Waals surface area contributed by atoms with E-state index in [1.165, 1.54) is 0 Å². The zero-order valence-corrected chi connectivity index (χ0v) is 11.8. The van der Waals surface area contributed by atoms with Gasteiger partial charge in [-0.3, -0.25) is 0 Å². The summed E-state index contributed by atoms with van der Waals surface area (Å²) < 4.78 is 5.53. The fourth-order valence-corrected chi connectivity index (χ4v) is 2.30. The minimum absolute atomic E-state index is 0.323. The molecule has 0 amide bonds. The molecule has 1 fully saturated rings. The van der Waals surface area contributed by atoms with Gasteiger partial charge in [0.2, 0.25) is 0 Å². The molecule has 0 aliphatic carbocycles. The number of benzene rings is 1. The third kappa shape index (κ3) is 4.20. The second kappa shape index (κ2) is 6.89. The van der Waals surface area contributed by atoms with E-state index in [-0.39, 0.29) is 0 Å². The molecule has 0 spiro atoms. The standard InChI is InChI=1S/C15H24N2O2/c1-17(2)13-7-5-12(6-8-13)15(18)11-16-10-14-4-3-9-19-14/h5-8,14-16,18H,3-4,9-11H2,1-2H3. The molecule has 0 aromatic heterocycles. The molecule has 0 bridgehead atoms. The van der Waals surface area contributed by atoms with E-state index in [0.29, 0.717) is 12.6 Å². The van der Waals surface area contributed by atoms with Crippen LogP contribution >= 0.6 is 0 Å². The highest BCUT2D eigenvalue weighted by Crippen LogP contribution is 2.17. The van der Waals surface area contributed by atoms with Crippen LogP contribution in [0, 0.1) is 0 Å².